The number of nitrogens with two attached hydrogens (primary N) is 1. The van der Waals surface area contributed by atoms with Gasteiger partial charge in [0.25, 0.3) is 0 Å². The van der Waals surface area contributed by atoms with Gasteiger partial charge in [0.05, 0.1) is 0 Å². The Morgan fingerprint density at radius 2 is 2.15 bits per heavy atom. The summed E-state index contributed by atoms with van der Waals surface area (Å²) >= 11 is 0. The standard InChI is InChI=1S/C11H13NO/c1-2-3-8-11(13)9-6-4-5-7-10(9)12/h2,4-7H,1,3,8,12H2. The van der Waals surface area contributed by atoms with Crippen molar-refractivity contribution in [1.29, 1.82) is 0 Å². The first-order chi connectivity index (χ1) is 6.25. The van der Waals surface area contributed by atoms with E-state index in [1.165, 1.54) is 0 Å². The van der Waals surface area contributed by atoms with Gasteiger partial charge in [0.1, 0.15) is 0 Å². The Morgan fingerprint density at radius 3 is 2.77 bits per heavy atom. The summed E-state index contributed by atoms with van der Waals surface area (Å²) in [5.74, 6) is 0.0815. The summed E-state index contributed by atoms with van der Waals surface area (Å²) in [5.41, 5.74) is 6.81. The van der Waals surface area contributed by atoms with Crippen molar-refractivity contribution in [3.8, 4) is 0 Å². The fourth-order valence-electron chi connectivity index (χ4n) is 1.12. The number of ketones is 1. The number of para-hydroxylation sites is 1. The van der Waals surface area contributed by atoms with Crippen LogP contribution in [0, 0.1) is 0 Å². The summed E-state index contributed by atoms with van der Waals surface area (Å²) in [6.45, 7) is 3.57. The zero-order chi connectivity index (χ0) is 9.68. The summed E-state index contributed by atoms with van der Waals surface area (Å²) in [7, 11) is 0. The highest BCUT2D eigenvalue weighted by molar-refractivity contribution is 6.00. The number of carbonyl (C=O) groups excluding carboxylic acids is 1. The number of benzene rings is 1. The number of nitrogen functional groups attached to an aromatic ring is 1. The molecule has 2 nitrogen and oxygen atoms in total. The highest BCUT2D eigenvalue weighted by Crippen LogP contribution is 2.13. The summed E-state index contributed by atoms with van der Waals surface area (Å²) < 4.78 is 0. The molecular formula is C11H13NO. The van der Waals surface area contributed by atoms with Gasteiger partial charge in [-0.2, -0.15) is 0 Å². The lowest BCUT2D eigenvalue weighted by molar-refractivity contribution is 0.0984. The van der Waals surface area contributed by atoms with Crippen LogP contribution in [0.15, 0.2) is 36.9 Å². The van der Waals surface area contributed by atoms with Crippen LogP contribution >= 0.6 is 0 Å². The van der Waals surface area contributed by atoms with E-state index in [0.717, 1.165) is 0 Å². The average molecular weight is 175 g/mol. The fourth-order valence-corrected chi connectivity index (χ4v) is 1.12. The predicted molar refractivity (Wildman–Crippen MR) is 54.6 cm³/mol. The molecule has 0 amide bonds. The maximum atomic E-state index is 11.5. The molecule has 0 spiro atoms. The van der Waals surface area contributed by atoms with Gasteiger partial charge in [-0.1, -0.05) is 18.2 Å². The highest BCUT2D eigenvalue weighted by Gasteiger charge is 2.06. The second-order valence-corrected chi connectivity index (χ2v) is 2.84. The number of rotatable bonds is 4. The van der Waals surface area contributed by atoms with Crippen molar-refractivity contribution in [1.82, 2.24) is 0 Å². The van der Waals surface area contributed by atoms with E-state index in [4.69, 9.17) is 5.73 Å². The first kappa shape index (κ1) is 9.52. The van der Waals surface area contributed by atoms with Crippen molar-refractivity contribution in [3.05, 3.63) is 42.5 Å². The van der Waals surface area contributed by atoms with Gasteiger partial charge in [-0.3, -0.25) is 4.79 Å². The number of hydrogen-bond acceptors (Lipinski definition) is 2. The summed E-state index contributed by atoms with van der Waals surface area (Å²) in [6.07, 6.45) is 2.92. The number of allylic oxidation sites excluding steroid dienone is 1. The van der Waals surface area contributed by atoms with Crippen LogP contribution < -0.4 is 5.73 Å². The lowest BCUT2D eigenvalue weighted by atomic mass is 10.1. The van der Waals surface area contributed by atoms with Crippen LogP contribution in [0.3, 0.4) is 0 Å². The molecule has 0 saturated heterocycles. The molecule has 0 atom stereocenters. The van der Waals surface area contributed by atoms with Crippen molar-refractivity contribution in [3.63, 3.8) is 0 Å². The van der Waals surface area contributed by atoms with E-state index in [1.807, 2.05) is 12.1 Å². The normalized spacial score (nSPS) is 9.54. The smallest absolute Gasteiger partial charge is 0.165 e. The summed E-state index contributed by atoms with van der Waals surface area (Å²) in [5, 5.41) is 0. The molecule has 0 radical (unpaired) electrons. The molecule has 0 saturated carbocycles. The second-order valence-electron chi connectivity index (χ2n) is 2.84. The maximum absolute atomic E-state index is 11.5. The molecular weight excluding hydrogens is 162 g/mol. The van der Waals surface area contributed by atoms with Gasteiger partial charge >= 0.3 is 0 Å². The number of Topliss-reactive ketones (excluding diaryl/α,β-unsaturated/α-hetero) is 1. The summed E-state index contributed by atoms with van der Waals surface area (Å²) in [4.78, 5) is 11.5. The van der Waals surface area contributed by atoms with Crippen LogP contribution in [-0.4, -0.2) is 5.78 Å². The molecule has 1 aromatic carbocycles. The van der Waals surface area contributed by atoms with Crippen LogP contribution in [0.25, 0.3) is 0 Å². The Morgan fingerprint density at radius 1 is 1.46 bits per heavy atom. The van der Waals surface area contributed by atoms with Gasteiger partial charge in [0, 0.05) is 17.7 Å². The Bertz CT molecular complexity index is 318. The first-order valence-electron chi connectivity index (χ1n) is 4.24. The molecule has 0 unspecified atom stereocenters. The minimum atomic E-state index is 0.0815. The van der Waals surface area contributed by atoms with Crippen molar-refractivity contribution in [2.24, 2.45) is 0 Å². The lowest BCUT2D eigenvalue weighted by Crippen LogP contribution is -2.02. The van der Waals surface area contributed by atoms with Gasteiger partial charge in [-0.15, -0.1) is 6.58 Å². The van der Waals surface area contributed by atoms with E-state index in [2.05, 4.69) is 6.58 Å². The maximum Gasteiger partial charge on any atom is 0.165 e. The predicted octanol–water partition coefficient (Wildman–Crippen LogP) is 2.42. The molecule has 0 aliphatic heterocycles. The van der Waals surface area contributed by atoms with Crippen LogP contribution in [0.4, 0.5) is 5.69 Å². The van der Waals surface area contributed by atoms with Crippen LogP contribution in [0.2, 0.25) is 0 Å². The quantitative estimate of drug-likeness (QED) is 0.434. The third-order valence-corrected chi connectivity index (χ3v) is 1.84. The average Bonchev–Trinajstić information content (AvgIpc) is 2.15. The topological polar surface area (TPSA) is 43.1 Å². The molecule has 0 heterocycles. The van der Waals surface area contributed by atoms with E-state index in [-0.39, 0.29) is 5.78 Å². The molecule has 0 bridgehead atoms. The second kappa shape index (κ2) is 4.45. The van der Waals surface area contributed by atoms with Crippen LogP contribution in [0.5, 0.6) is 0 Å². The van der Waals surface area contributed by atoms with Crippen molar-refractivity contribution >= 4 is 11.5 Å². The largest absolute Gasteiger partial charge is 0.398 e. The van der Waals surface area contributed by atoms with E-state index < -0.39 is 0 Å². The molecule has 2 heteroatoms. The Kier molecular flexibility index (Phi) is 3.26. The Hall–Kier alpha value is -1.57. The third-order valence-electron chi connectivity index (χ3n) is 1.84. The van der Waals surface area contributed by atoms with Gasteiger partial charge in [0.2, 0.25) is 0 Å². The molecule has 1 rings (SSSR count). The van der Waals surface area contributed by atoms with E-state index in [1.54, 1.807) is 18.2 Å². The molecule has 2 N–H and O–H groups in total. The van der Waals surface area contributed by atoms with E-state index in [9.17, 15) is 4.79 Å². The zero-order valence-electron chi connectivity index (χ0n) is 7.49. The fraction of sp³-hybridized carbons (Fsp3) is 0.182. The molecule has 0 aliphatic rings. The van der Waals surface area contributed by atoms with Crippen molar-refractivity contribution in [2.45, 2.75) is 12.8 Å². The SMILES string of the molecule is C=CCCC(=O)c1ccccc1N. The third kappa shape index (κ3) is 2.44. The van der Waals surface area contributed by atoms with Crippen LogP contribution in [-0.2, 0) is 0 Å². The molecule has 13 heavy (non-hydrogen) atoms. The molecule has 0 fully saturated rings. The molecule has 0 aromatic heterocycles. The van der Waals surface area contributed by atoms with E-state index in [0.29, 0.717) is 24.1 Å². The molecule has 1 aromatic rings. The van der Waals surface area contributed by atoms with Crippen LogP contribution in [0.1, 0.15) is 23.2 Å². The number of carbonyl (C=O) groups is 1. The zero-order valence-corrected chi connectivity index (χ0v) is 7.49. The Balaban J connectivity index is 2.76. The lowest BCUT2D eigenvalue weighted by Gasteiger charge is -2.02. The molecule has 68 valence electrons. The van der Waals surface area contributed by atoms with Crippen molar-refractivity contribution in [2.75, 3.05) is 5.73 Å². The van der Waals surface area contributed by atoms with Gasteiger partial charge in [0.15, 0.2) is 5.78 Å². The minimum Gasteiger partial charge on any atom is -0.398 e. The van der Waals surface area contributed by atoms with Crippen molar-refractivity contribution < 1.29 is 4.79 Å². The van der Waals surface area contributed by atoms with Gasteiger partial charge in [-0.05, 0) is 18.6 Å². The minimum absolute atomic E-state index is 0.0815. The Labute approximate surface area is 78.1 Å². The first-order valence-corrected chi connectivity index (χ1v) is 4.24. The van der Waals surface area contributed by atoms with Gasteiger partial charge in [-0.25, -0.2) is 0 Å². The highest BCUT2D eigenvalue weighted by atomic mass is 16.1. The van der Waals surface area contributed by atoms with Gasteiger partial charge < -0.3 is 5.73 Å². The van der Waals surface area contributed by atoms with E-state index >= 15 is 0 Å². The molecule has 0 aliphatic carbocycles. The monoisotopic (exact) mass is 175 g/mol. The summed E-state index contributed by atoms with van der Waals surface area (Å²) in [6, 6.07) is 7.12. The number of anilines is 1. The number of hydrogen-bond donors (Lipinski definition) is 1.